The van der Waals surface area contributed by atoms with Crippen LogP contribution in [0, 0.1) is 6.92 Å². The second-order valence-electron chi connectivity index (χ2n) is 5.49. The number of aromatic nitrogens is 5. The molecule has 3 rings (SSSR count). The molecule has 9 heteroatoms. The maximum Gasteiger partial charge on any atom is 0.319 e. The van der Waals surface area contributed by atoms with Crippen LogP contribution in [0.1, 0.15) is 30.6 Å². The third-order valence-electron chi connectivity index (χ3n) is 3.54. The van der Waals surface area contributed by atoms with Gasteiger partial charge in [0.1, 0.15) is 0 Å². The molecule has 0 aliphatic rings. The van der Waals surface area contributed by atoms with Gasteiger partial charge in [0.05, 0.1) is 23.3 Å². The molecule has 0 bridgehead atoms. The van der Waals surface area contributed by atoms with Gasteiger partial charge in [-0.15, -0.1) is 21.5 Å². The quantitative estimate of drug-likeness (QED) is 0.731. The van der Waals surface area contributed by atoms with Crippen molar-refractivity contribution >= 4 is 23.1 Å². The zero-order valence-electron chi connectivity index (χ0n) is 14.2. The summed E-state index contributed by atoms with van der Waals surface area (Å²) in [5.41, 5.74) is 2.30. The Morgan fingerprint density at radius 2 is 2.24 bits per heavy atom. The minimum atomic E-state index is -0.291. The molecule has 0 unspecified atom stereocenters. The zero-order valence-corrected chi connectivity index (χ0v) is 15.0. The fourth-order valence-electron chi connectivity index (χ4n) is 2.25. The third-order valence-corrected chi connectivity index (χ3v) is 4.33. The number of rotatable bonds is 5. The number of hydrogen-bond acceptors (Lipinski definition) is 6. The molecule has 0 saturated heterocycles. The molecule has 25 heavy (non-hydrogen) atoms. The first-order valence-corrected chi connectivity index (χ1v) is 8.81. The minimum absolute atomic E-state index is 0.167. The molecule has 0 aliphatic carbocycles. The fraction of sp³-hybridized carbons (Fsp3) is 0.312. The molecule has 130 valence electrons. The summed E-state index contributed by atoms with van der Waals surface area (Å²) in [6, 6.07) is 6.88. The van der Waals surface area contributed by atoms with Crippen molar-refractivity contribution in [2.45, 2.75) is 33.4 Å². The molecule has 2 aromatic heterocycles. The van der Waals surface area contributed by atoms with Crippen LogP contribution >= 0.6 is 11.3 Å². The van der Waals surface area contributed by atoms with Crippen LogP contribution < -0.4 is 10.6 Å². The van der Waals surface area contributed by atoms with Gasteiger partial charge in [-0.05, 0) is 38.1 Å². The highest BCUT2D eigenvalue weighted by molar-refractivity contribution is 7.09. The van der Waals surface area contributed by atoms with Crippen molar-refractivity contribution in [2.75, 3.05) is 5.32 Å². The van der Waals surface area contributed by atoms with Gasteiger partial charge in [-0.2, -0.15) is 4.80 Å². The molecule has 2 heterocycles. The highest BCUT2D eigenvalue weighted by Gasteiger charge is 2.13. The normalized spacial score (nSPS) is 12.0. The number of urea groups is 1. The summed E-state index contributed by atoms with van der Waals surface area (Å²) in [6.45, 7) is 6.44. The van der Waals surface area contributed by atoms with Crippen LogP contribution in [0.25, 0.3) is 11.4 Å². The van der Waals surface area contributed by atoms with E-state index >= 15 is 0 Å². The molecule has 0 saturated carbocycles. The molecular formula is C16H19N7OS. The molecule has 1 atom stereocenters. The number of nitrogens with one attached hydrogen (secondary N) is 2. The maximum absolute atomic E-state index is 12.2. The van der Waals surface area contributed by atoms with Gasteiger partial charge in [0, 0.05) is 16.6 Å². The third kappa shape index (κ3) is 4.18. The Labute approximate surface area is 149 Å². The molecule has 0 radical (unpaired) electrons. The van der Waals surface area contributed by atoms with Crippen molar-refractivity contribution in [1.82, 2.24) is 30.5 Å². The Morgan fingerprint density at radius 1 is 1.40 bits per heavy atom. The number of carbonyl (C=O) groups is 1. The van der Waals surface area contributed by atoms with Crippen molar-refractivity contribution in [3.05, 3.63) is 40.3 Å². The van der Waals surface area contributed by atoms with Gasteiger partial charge in [0.2, 0.25) is 5.82 Å². The first-order valence-electron chi connectivity index (χ1n) is 7.93. The van der Waals surface area contributed by atoms with E-state index in [9.17, 15) is 4.79 Å². The molecule has 8 nitrogen and oxygen atoms in total. The Kier molecular flexibility index (Phi) is 5.03. The summed E-state index contributed by atoms with van der Waals surface area (Å²) in [4.78, 5) is 18.1. The topological polar surface area (TPSA) is 97.6 Å². The molecule has 0 spiro atoms. The van der Waals surface area contributed by atoms with E-state index in [1.807, 2.05) is 50.4 Å². The van der Waals surface area contributed by atoms with E-state index in [1.165, 1.54) is 4.80 Å². The molecule has 2 amide bonds. The molecule has 1 aromatic carbocycles. The Balaban J connectivity index is 1.66. The lowest BCUT2D eigenvalue weighted by atomic mass is 10.2. The van der Waals surface area contributed by atoms with Gasteiger partial charge in [0.25, 0.3) is 0 Å². The number of aryl methyl sites for hydroxylation is 2. The SMILES string of the molecule is CCn1nnc(-c2cccc(NC(=O)N[C@@H](C)c3csc(C)n3)c2)n1. The standard InChI is InChI=1S/C16H19N7OS/c1-4-23-21-15(20-22-23)12-6-5-7-13(8-12)19-16(24)17-10(2)14-9-25-11(3)18-14/h5-10H,4H2,1-3H3,(H2,17,19,24)/t10-/m0/s1. The fourth-order valence-corrected chi connectivity index (χ4v) is 2.95. The average Bonchev–Trinajstić information content (AvgIpc) is 3.23. The largest absolute Gasteiger partial charge is 0.330 e. The van der Waals surface area contributed by atoms with E-state index in [4.69, 9.17) is 0 Å². The summed E-state index contributed by atoms with van der Waals surface area (Å²) < 4.78 is 0. The first kappa shape index (κ1) is 17.0. The van der Waals surface area contributed by atoms with Crippen molar-refractivity contribution in [3.8, 4) is 11.4 Å². The van der Waals surface area contributed by atoms with E-state index in [2.05, 4.69) is 31.0 Å². The number of carbonyl (C=O) groups excluding carboxylic acids is 1. The second-order valence-corrected chi connectivity index (χ2v) is 6.56. The number of tetrazole rings is 1. The monoisotopic (exact) mass is 357 g/mol. The van der Waals surface area contributed by atoms with Crippen molar-refractivity contribution in [3.63, 3.8) is 0 Å². The molecule has 3 aromatic rings. The van der Waals surface area contributed by atoms with Crippen LogP contribution in [-0.4, -0.2) is 31.2 Å². The van der Waals surface area contributed by atoms with Crippen LogP contribution in [0.15, 0.2) is 29.6 Å². The summed E-state index contributed by atoms with van der Waals surface area (Å²) in [6.07, 6.45) is 0. The van der Waals surface area contributed by atoms with Gasteiger partial charge >= 0.3 is 6.03 Å². The van der Waals surface area contributed by atoms with E-state index in [0.29, 0.717) is 18.1 Å². The molecule has 0 fully saturated rings. The zero-order chi connectivity index (χ0) is 17.8. The highest BCUT2D eigenvalue weighted by Crippen LogP contribution is 2.19. The predicted octanol–water partition coefficient (Wildman–Crippen LogP) is 3.01. The molecule has 0 aliphatic heterocycles. The Bertz CT molecular complexity index is 873. The Hall–Kier alpha value is -2.81. The van der Waals surface area contributed by atoms with Crippen molar-refractivity contribution < 1.29 is 4.79 Å². The summed E-state index contributed by atoms with van der Waals surface area (Å²) >= 11 is 1.56. The number of benzene rings is 1. The van der Waals surface area contributed by atoms with E-state index < -0.39 is 0 Å². The van der Waals surface area contributed by atoms with E-state index in [1.54, 1.807) is 11.3 Å². The number of nitrogens with zero attached hydrogens (tertiary/aromatic N) is 5. The second kappa shape index (κ2) is 7.39. The van der Waals surface area contributed by atoms with Crippen LogP contribution in [0.3, 0.4) is 0 Å². The van der Waals surface area contributed by atoms with Gasteiger partial charge < -0.3 is 10.6 Å². The molecular weight excluding hydrogens is 338 g/mol. The first-order chi connectivity index (χ1) is 12.0. The predicted molar refractivity (Wildman–Crippen MR) is 96.3 cm³/mol. The lowest BCUT2D eigenvalue weighted by Gasteiger charge is -2.13. The van der Waals surface area contributed by atoms with Crippen LogP contribution in [0.5, 0.6) is 0 Å². The lowest BCUT2D eigenvalue weighted by Crippen LogP contribution is -2.31. The average molecular weight is 357 g/mol. The number of thiazole rings is 1. The summed E-state index contributed by atoms with van der Waals surface area (Å²) in [5.74, 6) is 0.525. The van der Waals surface area contributed by atoms with Gasteiger partial charge in [-0.1, -0.05) is 12.1 Å². The van der Waals surface area contributed by atoms with Crippen LogP contribution in [0.4, 0.5) is 10.5 Å². The van der Waals surface area contributed by atoms with E-state index in [-0.39, 0.29) is 12.1 Å². The summed E-state index contributed by atoms with van der Waals surface area (Å²) in [7, 11) is 0. The van der Waals surface area contributed by atoms with Gasteiger partial charge in [-0.25, -0.2) is 9.78 Å². The van der Waals surface area contributed by atoms with Crippen LogP contribution in [-0.2, 0) is 6.54 Å². The van der Waals surface area contributed by atoms with Crippen LogP contribution in [0.2, 0.25) is 0 Å². The smallest absolute Gasteiger partial charge is 0.319 e. The van der Waals surface area contributed by atoms with Gasteiger partial charge in [0.15, 0.2) is 0 Å². The number of hydrogen-bond donors (Lipinski definition) is 2. The van der Waals surface area contributed by atoms with Crippen molar-refractivity contribution in [1.29, 1.82) is 0 Å². The van der Waals surface area contributed by atoms with E-state index in [0.717, 1.165) is 16.3 Å². The highest BCUT2D eigenvalue weighted by atomic mass is 32.1. The lowest BCUT2D eigenvalue weighted by molar-refractivity contribution is 0.249. The van der Waals surface area contributed by atoms with Crippen molar-refractivity contribution in [2.24, 2.45) is 0 Å². The minimum Gasteiger partial charge on any atom is -0.330 e. The number of anilines is 1. The number of amides is 2. The maximum atomic E-state index is 12.2. The van der Waals surface area contributed by atoms with Gasteiger partial charge in [-0.3, -0.25) is 0 Å². The Morgan fingerprint density at radius 3 is 2.92 bits per heavy atom. The molecule has 2 N–H and O–H groups in total. The summed E-state index contributed by atoms with van der Waals surface area (Å²) in [5, 5.41) is 20.9.